The van der Waals surface area contributed by atoms with E-state index >= 15 is 0 Å². The topological polar surface area (TPSA) is 30.2 Å². The number of furan rings is 1. The highest BCUT2D eigenvalue weighted by molar-refractivity contribution is 14.1. The van der Waals surface area contributed by atoms with Gasteiger partial charge in [-0.05, 0) is 60.2 Å². The van der Waals surface area contributed by atoms with Crippen LogP contribution in [0.5, 0.6) is 0 Å². The summed E-state index contributed by atoms with van der Waals surface area (Å²) in [6.07, 6.45) is 0. The first-order valence-electron chi connectivity index (χ1n) is 8.43. The summed E-state index contributed by atoms with van der Waals surface area (Å²) in [6.45, 7) is 4.04. The molecule has 0 aliphatic rings. The van der Waals surface area contributed by atoms with Crippen molar-refractivity contribution in [3.8, 4) is 11.3 Å². The number of ketones is 1. The molecule has 2 nitrogen and oxygen atoms in total. The summed E-state index contributed by atoms with van der Waals surface area (Å²) in [5.74, 6) is 0.619. The second-order valence-corrected chi connectivity index (χ2v) is 7.75. The predicted octanol–water partition coefficient (Wildman–Crippen LogP) is 6.55. The van der Waals surface area contributed by atoms with Crippen molar-refractivity contribution in [3.05, 3.63) is 92.6 Å². The van der Waals surface area contributed by atoms with E-state index in [9.17, 15) is 4.79 Å². The fraction of sp³-hybridized carbons (Fsp3) is 0.0870. The molecule has 3 heteroatoms. The van der Waals surface area contributed by atoms with E-state index in [1.165, 1.54) is 0 Å². The van der Waals surface area contributed by atoms with Crippen LogP contribution in [-0.2, 0) is 0 Å². The molecule has 0 bridgehead atoms. The Balaban J connectivity index is 1.96. The Hall–Kier alpha value is -2.40. The number of hydrogen-bond acceptors (Lipinski definition) is 2. The minimum absolute atomic E-state index is 0.0128. The average molecular weight is 452 g/mol. The number of halogens is 1. The molecule has 0 radical (unpaired) electrons. The first-order chi connectivity index (χ1) is 12.5. The molecular weight excluding hydrogens is 435 g/mol. The summed E-state index contributed by atoms with van der Waals surface area (Å²) >= 11 is 2.27. The Morgan fingerprint density at radius 2 is 1.50 bits per heavy atom. The molecule has 0 spiro atoms. The van der Waals surface area contributed by atoms with Gasteiger partial charge in [0.1, 0.15) is 11.3 Å². The summed E-state index contributed by atoms with van der Waals surface area (Å²) in [4.78, 5) is 13.3. The highest BCUT2D eigenvalue weighted by Gasteiger charge is 2.23. The molecule has 0 fully saturated rings. The summed E-state index contributed by atoms with van der Waals surface area (Å²) < 4.78 is 7.29. The second-order valence-electron chi connectivity index (χ2n) is 6.51. The zero-order chi connectivity index (χ0) is 18.3. The van der Waals surface area contributed by atoms with Gasteiger partial charge in [-0.25, -0.2) is 0 Å². The van der Waals surface area contributed by atoms with Crippen LogP contribution in [0.1, 0.15) is 27.0 Å². The van der Waals surface area contributed by atoms with Crippen LogP contribution in [0.4, 0.5) is 0 Å². The molecular formula is C23H17IO2. The average Bonchev–Trinajstić information content (AvgIpc) is 3.00. The Kier molecular flexibility index (Phi) is 4.41. The first kappa shape index (κ1) is 17.0. The van der Waals surface area contributed by atoms with E-state index in [1.807, 2.05) is 80.6 Å². The van der Waals surface area contributed by atoms with Crippen LogP contribution in [0, 0.1) is 17.4 Å². The monoisotopic (exact) mass is 452 g/mol. The van der Waals surface area contributed by atoms with E-state index in [2.05, 4.69) is 22.6 Å². The van der Waals surface area contributed by atoms with Crippen LogP contribution in [0.25, 0.3) is 22.3 Å². The van der Waals surface area contributed by atoms with E-state index in [-0.39, 0.29) is 5.78 Å². The van der Waals surface area contributed by atoms with E-state index in [0.717, 1.165) is 31.2 Å². The minimum atomic E-state index is -0.0128. The van der Waals surface area contributed by atoms with Crippen LogP contribution >= 0.6 is 22.6 Å². The van der Waals surface area contributed by atoms with Crippen LogP contribution in [-0.4, -0.2) is 5.78 Å². The lowest BCUT2D eigenvalue weighted by Gasteiger charge is -2.04. The van der Waals surface area contributed by atoms with Crippen molar-refractivity contribution in [2.24, 2.45) is 0 Å². The lowest BCUT2D eigenvalue weighted by Crippen LogP contribution is -2.02. The third-order valence-electron chi connectivity index (χ3n) is 4.49. The smallest absolute Gasteiger partial charge is 0.197 e. The minimum Gasteiger partial charge on any atom is -0.455 e. The Morgan fingerprint density at radius 3 is 2.19 bits per heavy atom. The van der Waals surface area contributed by atoms with E-state index in [4.69, 9.17) is 4.42 Å². The SMILES string of the molecule is Cc1ccc(C(=O)c2c(-c3ccc(I)cc3)oc3cc(C)ccc23)cc1. The molecule has 0 aliphatic heterocycles. The molecule has 128 valence electrons. The molecule has 0 unspecified atom stereocenters. The Morgan fingerprint density at radius 1 is 0.846 bits per heavy atom. The maximum Gasteiger partial charge on any atom is 0.197 e. The standard InChI is InChI=1S/C23H17IO2/c1-14-3-6-16(7-4-14)22(25)21-19-12-5-15(2)13-20(19)26-23(21)17-8-10-18(24)11-9-17/h3-13H,1-2H3. The third kappa shape index (κ3) is 3.07. The van der Waals surface area contributed by atoms with Crippen LogP contribution < -0.4 is 0 Å². The molecule has 0 atom stereocenters. The van der Waals surface area contributed by atoms with Gasteiger partial charge >= 0.3 is 0 Å². The van der Waals surface area contributed by atoms with Gasteiger partial charge in [0.15, 0.2) is 5.78 Å². The van der Waals surface area contributed by atoms with Gasteiger partial charge < -0.3 is 4.42 Å². The fourth-order valence-electron chi connectivity index (χ4n) is 3.08. The molecule has 1 heterocycles. The van der Waals surface area contributed by atoms with Gasteiger partial charge in [-0.15, -0.1) is 0 Å². The molecule has 26 heavy (non-hydrogen) atoms. The lowest BCUT2D eigenvalue weighted by atomic mass is 9.96. The number of rotatable bonds is 3. The second kappa shape index (κ2) is 6.72. The van der Waals surface area contributed by atoms with E-state index in [0.29, 0.717) is 16.9 Å². The molecule has 0 saturated heterocycles. The van der Waals surface area contributed by atoms with E-state index in [1.54, 1.807) is 0 Å². The number of carbonyl (C=O) groups is 1. The molecule has 0 aliphatic carbocycles. The van der Waals surface area contributed by atoms with Crippen molar-refractivity contribution in [1.82, 2.24) is 0 Å². The highest BCUT2D eigenvalue weighted by Crippen LogP contribution is 2.36. The molecule has 1 aromatic heterocycles. The fourth-order valence-corrected chi connectivity index (χ4v) is 3.44. The van der Waals surface area contributed by atoms with Crippen molar-refractivity contribution >= 4 is 39.3 Å². The normalized spacial score (nSPS) is 11.0. The number of fused-ring (bicyclic) bond motifs is 1. The van der Waals surface area contributed by atoms with Gasteiger partial charge in [0, 0.05) is 20.1 Å². The first-order valence-corrected chi connectivity index (χ1v) is 9.51. The molecule has 0 saturated carbocycles. The van der Waals surface area contributed by atoms with Crippen molar-refractivity contribution in [3.63, 3.8) is 0 Å². The highest BCUT2D eigenvalue weighted by atomic mass is 127. The summed E-state index contributed by atoms with van der Waals surface area (Å²) in [7, 11) is 0. The molecule has 4 aromatic rings. The van der Waals surface area contributed by atoms with Gasteiger partial charge in [0.2, 0.25) is 0 Å². The van der Waals surface area contributed by atoms with Crippen molar-refractivity contribution in [2.75, 3.05) is 0 Å². The maximum atomic E-state index is 13.3. The van der Waals surface area contributed by atoms with Crippen LogP contribution in [0.3, 0.4) is 0 Å². The van der Waals surface area contributed by atoms with Crippen molar-refractivity contribution in [1.29, 1.82) is 0 Å². The molecule has 4 rings (SSSR count). The van der Waals surface area contributed by atoms with Gasteiger partial charge in [-0.1, -0.05) is 54.1 Å². The van der Waals surface area contributed by atoms with Gasteiger partial charge in [0.05, 0.1) is 5.56 Å². The van der Waals surface area contributed by atoms with Gasteiger partial charge in [-0.2, -0.15) is 0 Å². The summed E-state index contributed by atoms with van der Waals surface area (Å²) in [5, 5.41) is 0.856. The van der Waals surface area contributed by atoms with Crippen LogP contribution in [0.15, 0.2) is 71.1 Å². The number of carbonyl (C=O) groups excluding carboxylic acids is 1. The lowest BCUT2D eigenvalue weighted by molar-refractivity contribution is 0.104. The maximum absolute atomic E-state index is 13.3. The van der Waals surface area contributed by atoms with Crippen molar-refractivity contribution < 1.29 is 9.21 Å². The number of hydrogen-bond donors (Lipinski definition) is 0. The van der Waals surface area contributed by atoms with E-state index < -0.39 is 0 Å². The molecule has 0 amide bonds. The van der Waals surface area contributed by atoms with Gasteiger partial charge in [-0.3, -0.25) is 4.79 Å². The quantitative estimate of drug-likeness (QED) is 0.261. The Bertz CT molecular complexity index is 1100. The third-order valence-corrected chi connectivity index (χ3v) is 5.21. The zero-order valence-electron chi connectivity index (χ0n) is 14.5. The largest absolute Gasteiger partial charge is 0.455 e. The predicted molar refractivity (Wildman–Crippen MR) is 114 cm³/mol. The molecule has 0 N–H and O–H groups in total. The van der Waals surface area contributed by atoms with Crippen molar-refractivity contribution in [2.45, 2.75) is 13.8 Å². The summed E-state index contributed by atoms with van der Waals surface area (Å²) in [6, 6.07) is 21.7. The van der Waals surface area contributed by atoms with Crippen LogP contribution in [0.2, 0.25) is 0 Å². The number of benzene rings is 3. The summed E-state index contributed by atoms with van der Waals surface area (Å²) in [5.41, 5.74) is 5.20. The zero-order valence-corrected chi connectivity index (χ0v) is 16.7. The Labute approximate surface area is 166 Å². The molecule has 3 aromatic carbocycles. The number of aryl methyl sites for hydroxylation is 2. The van der Waals surface area contributed by atoms with Gasteiger partial charge in [0.25, 0.3) is 0 Å².